The zero-order chi connectivity index (χ0) is 14.8. The van der Waals surface area contributed by atoms with Crippen molar-refractivity contribution in [1.29, 1.82) is 0 Å². The Morgan fingerprint density at radius 1 is 1.50 bits per heavy atom. The van der Waals surface area contributed by atoms with Crippen molar-refractivity contribution in [3.05, 3.63) is 21.9 Å². The lowest BCUT2D eigenvalue weighted by Gasteiger charge is -2.39. The average Bonchev–Trinajstić information content (AvgIpc) is 2.44. The molecule has 110 valence electrons. The molecule has 1 aromatic rings. The molecule has 7 heteroatoms. The van der Waals surface area contributed by atoms with Crippen LogP contribution >= 0.6 is 27.5 Å². The maximum Gasteiger partial charge on any atom is 0.244 e. The van der Waals surface area contributed by atoms with Crippen LogP contribution in [0.3, 0.4) is 0 Å². The van der Waals surface area contributed by atoms with Gasteiger partial charge in [0.25, 0.3) is 0 Å². The summed E-state index contributed by atoms with van der Waals surface area (Å²) in [5, 5.41) is 6.56. The summed E-state index contributed by atoms with van der Waals surface area (Å²) >= 11 is 9.14. The Hall–Kier alpha value is -0.690. The van der Waals surface area contributed by atoms with E-state index in [9.17, 15) is 4.79 Å². The number of nitrogens with zero attached hydrogens (tertiary/aromatic N) is 2. The van der Waals surface area contributed by atoms with Crippen LogP contribution in [0.25, 0.3) is 0 Å². The first-order valence-corrected chi connectivity index (χ1v) is 7.66. The SMILES string of the molecule is CC(C)(C(=O)Nc1cnc(Cl)c(Br)c1)N1CCNCC1. The number of piperazine rings is 1. The lowest BCUT2D eigenvalue weighted by molar-refractivity contribution is -0.126. The molecule has 1 saturated heterocycles. The fourth-order valence-corrected chi connectivity index (χ4v) is 2.59. The molecular formula is C13H18BrClN4O. The van der Waals surface area contributed by atoms with E-state index in [1.165, 1.54) is 0 Å². The van der Waals surface area contributed by atoms with Crippen molar-refractivity contribution in [3.8, 4) is 0 Å². The van der Waals surface area contributed by atoms with Gasteiger partial charge in [-0.1, -0.05) is 11.6 Å². The van der Waals surface area contributed by atoms with Gasteiger partial charge in [0.1, 0.15) is 5.15 Å². The number of carbonyl (C=O) groups excluding carboxylic acids is 1. The van der Waals surface area contributed by atoms with Crippen molar-refractivity contribution in [1.82, 2.24) is 15.2 Å². The Morgan fingerprint density at radius 3 is 2.75 bits per heavy atom. The van der Waals surface area contributed by atoms with Gasteiger partial charge in [-0.2, -0.15) is 0 Å². The minimum absolute atomic E-state index is 0.0459. The molecule has 0 saturated carbocycles. The van der Waals surface area contributed by atoms with E-state index in [-0.39, 0.29) is 5.91 Å². The molecule has 0 spiro atoms. The Morgan fingerprint density at radius 2 is 2.15 bits per heavy atom. The van der Waals surface area contributed by atoms with Crippen LogP contribution in [0.2, 0.25) is 5.15 Å². The van der Waals surface area contributed by atoms with Crippen LogP contribution in [-0.4, -0.2) is 47.5 Å². The first-order valence-electron chi connectivity index (χ1n) is 6.49. The van der Waals surface area contributed by atoms with Gasteiger partial charge >= 0.3 is 0 Å². The van der Waals surface area contributed by atoms with E-state index < -0.39 is 5.54 Å². The highest BCUT2D eigenvalue weighted by atomic mass is 79.9. The van der Waals surface area contributed by atoms with Crippen molar-refractivity contribution >= 4 is 39.1 Å². The van der Waals surface area contributed by atoms with Crippen LogP contribution in [0.4, 0.5) is 5.69 Å². The summed E-state index contributed by atoms with van der Waals surface area (Å²) in [6.07, 6.45) is 1.55. The summed E-state index contributed by atoms with van der Waals surface area (Å²) in [5.41, 5.74) is 0.0725. The molecule has 0 aromatic carbocycles. The number of amides is 1. The highest BCUT2D eigenvalue weighted by Gasteiger charge is 2.35. The third-order valence-electron chi connectivity index (χ3n) is 3.52. The molecule has 1 aliphatic rings. The van der Waals surface area contributed by atoms with Gasteiger partial charge in [-0.15, -0.1) is 0 Å². The summed E-state index contributed by atoms with van der Waals surface area (Å²) < 4.78 is 0.664. The number of carbonyl (C=O) groups is 1. The summed E-state index contributed by atoms with van der Waals surface area (Å²) in [6.45, 7) is 7.42. The lowest BCUT2D eigenvalue weighted by Crippen LogP contribution is -2.58. The molecule has 0 unspecified atom stereocenters. The highest BCUT2D eigenvalue weighted by molar-refractivity contribution is 9.10. The van der Waals surface area contributed by atoms with Crippen LogP contribution < -0.4 is 10.6 Å². The first-order chi connectivity index (χ1) is 9.41. The van der Waals surface area contributed by atoms with Crippen molar-refractivity contribution in [2.45, 2.75) is 19.4 Å². The van der Waals surface area contributed by atoms with E-state index in [0.29, 0.717) is 15.3 Å². The number of pyridine rings is 1. The number of anilines is 1. The van der Waals surface area contributed by atoms with Crippen LogP contribution in [0.15, 0.2) is 16.7 Å². The summed E-state index contributed by atoms with van der Waals surface area (Å²) in [5.74, 6) is -0.0459. The quantitative estimate of drug-likeness (QED) is 0.810. The van der Waals surface area contributed by atoms with Crippen molar-refractivity contribution in [3.63, 3.8) is 0 Å². The maximum absolute atomic E-state index is 12.5. The number of aromatic nitrogens is 1. The molecule has 0 radical (unpaired) electrons. The molecule has 1 amide bonds. The summed E-state index contributed by atoms with van der Waals surface area (Å²) in [7, 11) is 0. The number of halogens is 2. The van der Waals surface area contributed by atoms with Gasteiger partial charge < -0.3 is 10.6 Å². The average molecular weight is 362 g/mol. The molecule has 1 aliphatic heterocycles. The summed E-state index contributed by atoms with van der Waals surface area (Å²) in [4.78, 5) is 18.7. The zero-order valence-electron chi connectivity index (χ0n) is 11.5. The number of rotatable bonds is 3. The molecule has 2 N–H and O–H groups in total. The standard InChI is InChI=1S/C13H18BrClN4O/c1-13(2,19-5-3-16-4-6-19)12(20)18-9-7-10(14)11(15)17-8-9/h7-8,16H,3-6H2,1-2H3,(H,18,20). The predicted octanol–water partition coefficient (Wildman–Crippen LogP) is 2.12. The smallest absolute Gasteiger partial charge is 0.244 e. The second-order valence-electron chi connectivity index (χ2n) is 5.25. The van der Waals surface area contributed by atoms with E-state index in [1.807, 2.05) is 13.8 Å². The molecule has 2 heterocycles. The van der Waals surface area contributed by atoms with E-state index >= 15 is 0 Å². The van der Waals surface area contributed by atoms with Crippen molar-refractivity contribution in [2.75, 3.05) is 31.5 Å². The topological polar surface area (TPSA) is 57.3 Å². The van der Waals surface area contributed by atoms with Crippen molar-refractivity contribution in [2.24, 2.45) is 0 Å². The minimum atomic E-state index is -0.561. The molecule has 20 heavy (non-hydrogen) atoms. The van der Waals surface area contributed by atoms with Gasteiger partial charge in [0.05, 0.1) is 21.9 Å². The Kier molecular flexibility index (Phi) is 5.01. The normalized spacial score (nSPS) is 17.0. The van der Waals surface area contributed by atoms with E-state index in [1.54, 1.807) is 12.3 Å². The minimum Gasteiger partial charge on any atom is -0.323 e. The number of hydrogen-bond donors (Lipinski definition) is 2. The van der Waals surface area contributed by atoms with Gasteiger partial charge in [0.2, 0.25) is 5.91 Å². The molecule has 0 bridgehead atoms. The van der Waals surface area contributed by atoms with Gasteiger partial charge in [0, 0.05) is 26.2 Å². The second kappa shape index (κ2) is 6.39. The van der Waals surface area contributed by atoms with Gasteiger partial charge in [-0.3, -0.25) is 9.69 Å². The fourth-order valence-electron chi connectivity index (χ4n) is 2.14. The van der Waals surface area contributed by atoms with Crippen LogP contribution in [0, 0.1) is 0 Å². The van der Waals surface area contributed by atoms with Crippen molar-refractivity contribution < 1.29 is 4.79 Å². The Bertz CT molecular complexity index is 503. The van der Waals surface area contributed by atoms with Crippen LogP contribution in [-0.2, 0) is 4.79 Å². The molecule has 0 atom stereocenters. The van der Waals surface area contributed by atoms with Gasteiger partial charge in [-0.05, 0) is 35.8 Å². The Labute approximate surface area is 132 Å². The molecular weight excluding hydrogens is 344 g/mol. The number of hydrogen-bond acceptors (Lipinski definition) is 4. The first kappa shape index (κ1) is 15.7. The molecule has 1 fully saturated rings. The lowest BCUT2D eigenvalue weighted by atomic mass is 10.0. The van der Waals surface area contributed by atoms with E-state index in [0.717, 1.165) is 26.2 Å². The largest absolute Gasteiger partial charge is 0.323 e. The van der Waals surface area contributed by atoms with Crippen LogP contribution in [0.1, 0.15) is 13.8 Å². The highest BCUT2D eigenvalue weighted by Crippen LogP contribution is 2.24. The second-order valence-corrected chi connectivity index (χ2v) is 6.46. The molecule has 2 rings (SSSR count). The van der Waals surface area contributed by atoms with Crippen LogP contribution in [0.5, 0.6) is 0 Å². The molecule has 5 nitrogen and oxygen atoms in total. The molecule has 0 aliphatic carbocycles. The van der Waals surface area contributed by atoms with E-state index in [2.05, 4.69) is 36.4 Å². The number of nitrogens with one attached hydrogen (secondary N) is 2. The van der Waals surface area contributed by atoms with E-state index in [4.69, 9.17) is 11.6 Å². The predicted molar refractivity (Wildman–Crippen MR) is 84.1 cm³/mol. The maximum atomic E-state index is 12.5. The monoisotopic (exact) mass is 360 g/mol. The van der Waals surface area contributed by atoms with Gasteiger partial charge in [-0.25, -0.2) is 4.98 Å². The molecule has 1 aromatic heterocycles. The summed E-state index contributed by atoms with van der Waals surface area (Å²) in [6, 6.07) is 1.75. The fraction of sp³-hybridized carbons (Fsp3) is 0.538. The third kappa shape index (κ3) is 3.49. The Balaban J connectivity index is 2.07. The third-order valence-corrected chi connectivity index (χ3v) is 4.65. The van der Waals surface area contributed by atoms with Gasteiger partial charge in [0.15, 0.2) is 0 Å². The zero-order valence-corrected chi connectivity index (χ0v) is 13.9.